The molecule has 0 spiro atoms. The number of halogens is 1. The molecule has 7 heteroatoms. The predicted molar refractivity (Wildman–Crippen MR) is 87.2 cm³/mol. The van der Waals surface area contributed by atoms with Crippen LogP contribution in [0, 0.1) is 10.2 Å². The Morgan fingerprint density at radius 1 is 1.00 bits per heavy atom. The number of aromatic nitrogens is 1. The Kier molecular flexibility index (Phi) is 5.60. The van der Waals surface area contributed by atoms with E-state index in [0.29, 0.717) is 0 Å². The minimum absolute atomic E-state index is 1.21. The Morgan fingerprint density at radius 2 is 1.69 bits per heavy atom. The SMILES string of the molecule is C[n+]1ccccc1/C=C/c1cc2c3c(c1)CCN3CCC2.[O-][Cl+3]([O-])([O-])[O-]. The van der Waals surface area contributed by atoms with E-state index in [0.717, 1.165) is 0 Å². The third-order valence-electron chi connectivity index (χ3n) is 4.67. The quantitative estimate of drug-likeness (QED) is 0.578. The van der Waals surface area contributed by atoms with Crippen molar-refractivity contribution in [3.05, 3.63) is 58.9 Å². The van der Waals surface area contributed by atoms with Gasteiger partial charge in [0.15, 0.2) is 6.20 Å². The van der Waals surface area contributed by atoms with Crippen molar-refractivity contribution >= 4 is 17.8 Å². The Hall–Kier alpha value is -1.96. The molecule has 6 nitrogen and oxygen atoms in total. The van der Waals surface area contributed by atoms with Crippen LogP contribution in [0.3, 0.4) is 0 Å². The summed E-state index contributed by atoms with van der Waals surface area (Å²) < 4.78 is 36.1. The van der Waals surface area contributed by atoms with Crippen LogP contribution in [0.5, 0.6) is 0 Å². The normalized spacial score (nSPS) is 15.7. The van der Waals surface area contributed by atoms with Crippen molar-refractivity contribution in [2.24, 2.45) is 7.05 Å². The van der Waals surface area contributed by atoms with Gasteiger partial charge in [-0.05, 0) is 60.2 Å². The first kappa shape index (κ1) is 18.8. The van der Waals surface area contributed by atoms with Gasteiger partial charge in [-0.25, -0.2) is 23.2 Å². The summed E-state index contributed by atoms with van der Waals surface area (Å²) in [6, 6.07) is 11.1. The first-order chi connectivity index (χ1) is 12.3. The average molecular weight is 377 g/mol. The van der Waals surface area contributed by atoms with Crippen molar-refractivity contribution in [1.82, 2.24) is 0 Å². The Bertz CT molecular complexity index is 812. The van der Waals surface area contributed by atoms with Gasteiger partial charge in [-0.1, -0.05) is 0 Å². The lowest BCUT2D eigenvalue weighted by Gasteiger charge is -2.27. The summed E-state index contributed by atoms with van der Waals surface area (Å²) in [6.45, 7) is 2.46. The highest BCUT2D eigenvalue weighted by atomic mass is 35.7. The molecule has 0 bridgehead atoms. The molecule has 0 radical (unpaired) electrons. The lowest BCUT2D eigenvalue weighted by Crippen LogP contribution is -2.68. The van der Waals surface area contributed by atoms with Crippen LogP contribution in [0.4, 0.5) is 5.69 Å². The van der Waals surface area contributed by atoms with Crippen LogP contribution < -0.4 is 28.1 Å². The van der Waals surface area contributed by atoms with E-state index in [9.17, 15) is 0 Å². The molecule has 0 saturated carbocycles. The summed E-state index contributed by atoms with van der Waals surface area (Å²) in [5.74, 6) is 0. The number of hydrogen-bond donors (Lipinski definition) is 0. The Balaban J connectivity index is 0.000000349. The summed E-state index contributed by atoms with van der Waals surface area (Å²) in [6.07, 6.45) is 10.3. The molecule has 2 aliphatic rings. The summed E-state index contributed by atoms with van der Waals surface area (Å²) in [5, 5.41) is 0. The first-order valence-electron chi connectivity index (χ1n) is 8.46. The fraction of sp³-hybridized carbons (Fsp3) is 0.316. The number of anilines is 1. The van der Waals surface area contributed by atoms with Crippen LogP contribution >= 0.6 is 0 Å². The minimum atomic E-state index is -4.94. The highest BCUT2D eigenvalue weighted by Crippen LogP contribution is 2.37. The first-order valence-corrected chi connectivity index (χ1v) is 9.70. The Morgan fingerprint density at radius 3 is 2.38 bits per heavy atom. The fourth-order valence-electron chi connectivity index (χ4n) is 3.61. The van der Waals surface area contributed by atoms with E-state index < -0.39 is 10.2 Å². The number of nitrogens with zero attached hydrogens (tertiary/aromatic N) is 2. The van der Waals surface area contributed by atoms with Crippen molar-refractivity contribution < 1.29 is 33.4 Å². The van der Waals surface area contributed by atoms with Gasteiger partial charge in [-0.15, -0.1) is 10.2 Å². The summed E-state index contributed by atoms with van der Waals surface area (Å²) >= 11 is 0. The predicted octanol–water partition coefficient (Wildman–Crippen LogP) is -1.77. The van der Waals surface area contributed by atoms with Crippen LogP contribution in [0.2, 0.25) is 0 Å². The van der Waals surface area contributed by atoms with Crippen LogP contribution in [-0.4, -0.2) is 13.1 Å². The van der Waals surface area contributed by atoms with Crippen LogP contribution in [-0.2, 0) is 19.9 Å². The largest absolute Gasteiger partial charge is 0.371 e. The standard InChI is InChI=1S/C19H21N2.ClHO4/c1-20-10-3-2-6-18(20)8-7-15-13-16-5-4-11-21-12-9-17(14-15)19(16)21;2-1(3,4)5/h2-3,6-8,10,13-14H,4-5,9,11-12H2,1H3;(H,2,3,4,5)/q+1;/p-1. The molecule has 1 aromatic carbocycles. The number of hydrogen-bond acceptors (Lipinski definition) is 5. The van der Waals surface area contributed by atoms with Crippen LogP contribution in [0.1, 0.15) is 28.8 Å². The zero-order valence-electron chi connectivity index (χ0n) is 14.6. The highest BCUT2D eigenvalue weighted by molar-refractivity contribution is 5.73. The highest BCUT2D eigenvalue weighted by Gasteiger charge is 2.25. The second-order valence-electron chi connectivity index (χ2n) is 6.48. The fourth-order valence-corrected chi connectivity index (χ4v) is 3.61. The van der Waals surface area contributed by atoms with E-state index in [-0.39, 0.29) is 0 Å². The lowest BCUT2D eigenvalue weighted by atomic mass is 9.97. The molecule has 2 aromatic rings. The third-order valence-corrected chi connectivity index (χ3v) is 4.67. The van der Waals surface area contributed by atoms with Gasteiger partial charge in [0.2, 0.25) is 5.69 Å². The summed E-state index contributed by atoms with van der Waals surface area (Å²) in [4.78, 5) is 2.57. The molecule has 0 amide bonds. The monoisotopic (exact) mass is 376 g/mol. The van der Waals surface area contributed by atoms with Crippen molar-refractivity contribution in [3.8, 4) is 0 Å². The second kappa shape index (κ2) is 7.73. The van der Waals surface area contributed by atoms with E-state index in [2.05, 4.69) is 65.2 Å². The number of pyridine rings is 1. The molecule has 0 unspecified atom stereocenters. The number of rotatable bonds is 2. The molecule has 0 aliphatic carbocycles. The minimum Gasteiger partial charge on any atom is -0.371 e. The number of aryl methyl sites for hydroxylation is 2. The van der Waals surface area contributed by atoms with Gasteiger partial charge in [0.05, 0.1) is 0 Å². The molecule has 138 valence electrons. The molecular formula is C19H21ClN2O4. The molecule has 0 atom stereocenters. The molecule has 0 N–H and O–H groups in total. The maximum absolute atomic E-state index is 8.49. The van der Waals surface area contributed by atoms with E-state index in [1.165, 1.54) is 43.6 Å². The van der Waals surface area contributed by atoms with Crippen LogP contribution in [0.25, 0.3) is 12.2 Å². The maximum Gasteiger partial charge on any atom is 0.204 e. The molecule has 0 fully saturated rings. The van der Waals surface area contributed by atoms with E-state index in [1.54, 1.807) is 16.8 Å². The van der Waals surface area contributed by atoms with Gasteiger partial charge in [0, 0.05) is 37.0 Å². The summed E-state index contributed by atoms with van der Waals surface area (Å²) in [5.41, 5.74) is 7.21. The topological polar surface area (TPSA) is 99.4 Å². The maximum atomic E-state index is 8.49. The van der Waals surface area contributed by atoms with Gasteiger partial charge >= 0.3 is 0 Å². The van der Waals surface area contributed by atoms with Crippen molar-refractivity contribution in [3.63, 3.8) is 0 Å². The molecule has 4 rings (SSSR count). The average Bonchev–Trinajstić information content (AvgIpc) is 2.98. The molecular weight excluding hydrogens is 356 g/mol. The van der Waals surface area contributed by atoms with Crippen LogP contribution in [0.15, 0.2) is 36.5 Å². The van der Waals surface area contributed by atoms with Crippen molar-refractivity contribution in [1.29, 1.82) is 0 Å². The Labute approximate surface area is 155 Å². The molecule has 3 heterocycles. The number of benzene rings is 1. The van der Waals surface area contributed by atoms with Gasteiger partial charge in [0.1, 0.15) is 7.05 Å². The van der Waals surface area contributed by atoms with Crippen molar-refractivity contribution in [2.45, 2.75) is 19.3 Å². The molecule has 26 heavy (non-hydrogen) atoms. The van der Waals surface area contributed by atoms with E-state index >= 15 is 0 Å². The van der Waals surface area contributed by atoms with Gasteiger partial charge in [0.25, 0.3) is 0 Å². The van der Waals surface area contributed by atoms with Gasteiger partial charge < -0.3 is 4.90 Å². The van der Waals surface area contributed by atoms with Crippen molar-refractivity contribution in [2.75, 3.05) is 18.0 Å². The van der Waals surface area contributed by atoms with Gasteiger partial charge in [-0.2, -0.15) is 0 Å². The second-order valence-corrected chi connectivity index (χ2v) is 7.23. The van der Waals surface area contributed by atoms with Gasteiger partial charge in [-0.3, -0.25) is 0 Å². The van der Waals surface area contributed by atoms with E-state index in [4.69, 9.17) is 18.6 Å². The smallest absolute Gasteiger partial charge is 0.204 e. The molecule has 0 saturated heterocycles. The zero-order valence-corrected chi connectivity index (χ0v) is 15.3. The van der Waals surface area contributed by atoms with E-state index in [1.807, 2.05) is 0 Å². The molecule has 2 aliphatic heterocycles. The summed E-state index contributed by atoms with van der Waals surface area (Å²) in [7, 11) is -2.86. The third kappa shape index (κ3) is 4.81. The zero-order chi connectivity index (χ0) is 18.7. The molecule has 1 aromatic heterocycles. The lowest BCUT2D eigenvalue weighted by molar-refractivity contribution is -2.00.